The lowest BCUT2D eigenvalue weighted by Gasteiger charge is -2.20. The number of rotatable bonds is 49. The lowest BCUT2D eigenvalue weighted by Crippen LogP contribution is -2.34. The molecule has 4 N–H and O–H groups in total. The number of carbonyl (C=O) groups excluding carboxylic acids is 1. The second kappa shape index (κ2) is 46.4. The summed E-state index contributed by atoms with van der Waals surface area (Å²) in [4.78, 5) is 33.7. The maximum Gasteiger partial charge on any atom is 0.472 e. The quantitative estimate of drug-likeness (QED) is 0.0233. The van der Waals surface area contributed by atoms with Crippen LogP contribution in [-0.2, 0) is 32.7 Å². The summed E-state index contributed by atoms with van der Waals surface area (Å²) < 4.78 is 33.5. The number of carbonyl (C=O) groups is 2. The molecule has 10 nitrogen and oxygen atoms in total. The van der Waals surface area contributed by atoms with Crippen LogP contribution in [0.15, 0.2) is 24.3 Å². The van der Waals surface area contributed by atoms with Crippen LogP contribution in [0.1, 0.15) is 245 Å². The van der Waals surface area contributed by atoms with E-state index in [9.17, 15) is 19.0 Å². The zero-order valence-corrected chi connectivity index (χ0v) is 40.4. The van der Waals surface area contributed by atoms with Crippen LogP contribution in [0.4, 0.5) is 0 Å². The molecule has 0 aliphatic rings. The highest BCUT2D eigenvalue weighted by molar-refractivity contribution is 7.47. The summed E-state index contributed by atoms with van der Waals surface area (Å²) in [5.41, 5.74) is 5.37. The molecule has 0 aromatic carbocycles. The lowest BCUT2D eigenvalue weighted by molar-refractivity contribution is -0.154. The predicted molar refractivity (Wildman–Crippen MR) is 254 cm³/mol. The van der Waals surface area contributed by atoms with Crippen LogP contribution in [0.5, 0.6) is 0 Å². The van der Waals surface area contributed by atoms with E-state index in [0.717, 1.165) is 51.4 Å². The number of carboxylic acids is 1. The molecule has 3 unspecified atom stereocenters. The average Bonchev–Trinajstić information content (AvgIpc) is 3.24. The Hall–Kier alpha value is -1.55. The zero-order valence-electron chi connectivity index (χ0n) is 39.5. The van der Waals surface area contributed by atoms with E-state index in [4.69, 9.17) is 29.4 Å². The number of carboxylic acid groups (broad SMARTS) is 1. The van der Waals surface area contributed by atoms with Gasteiger partial charge in [0.15, 0.2) is 0 Å². The van der Waals surface area contributed by atoms with Crippen LogP contribution in [0.3, 0.4) is 0 Å². The Balaban J connectivity index is 4.13. The minimum atomic E-state index is -4.62. The fourth-order valence-corrected chi connectivity index (χ4v) is 8.06. The molecule has 3 atom stereocenters. The van der Waals surface area contributed by atoms with Gasteiger partial charge in [-0.05, 0) is 44.9 Å². The number of nitrogens with two attached hydrogens (primary N) is 1. The summed E-state index contributed by atoms with van der Waals surface area (Å²) in [5.74, 6) is -1.77. The van der Waals surface area contributed by atoms with Crippen molar-refractivity contribution in [3.05, 3.63) is 24.3 Å². The Labute approximate surface area is 374 Å². The van der Waals surface area contributed by atoms with E-state index in [1.807, 2.05) is 0 Å². The number of phosphoric ester groups is 1. The van der Waals surface area contributed by atoms with Gasteiger partial charge < -0.3 is 25.2 Å². The normalized spacial score (nSPS) is 13.9. The van der Waals surface area contributed by atoms with Gasteiger partial charge in [0.1, 0.15) is 12.1 Å². The highest BCUT2D eigenvalue weighted by Gasteiger charge is 2.27. The third kappa shape index (κ3) is 46.3. The zero-order chi connectivity index (χ0) is 44.8. The number of allylic oxidation sites excluding steroid dienone is 4. The van der Waals surface area contributed by atoms with E-state index in [0.29, 0.717) is 13.0 Å². The maximum absolute atomic E-state index is 12.7. The van der Waals surface area contributed by atoms with Gasteiger partial charge in [0, 0.05) is 13.0 Å². The summed E-state index contributed by atoms with van der Waals surface area (Å²) in [7, 11) is -4.62. The maximum atomic E-state index is 12.7. The van der Waals surface area contributed by atoms with Gasteiger partial charge in [-0.25, -0.2) is 4.57 Å². The first-order valence-corrected chi connectivity index (χ1v) is 26.9. The van der Waals surface area contributed by atoms with Crippen molar-refractivity contribution in [3.8, 4) is 0 Å². The first kappa shape index (κ1) is 59.5. The van der Waals surface area contributed by atoms with Crippen LogP contribution < -0.4 is 5.73 Å². The van der Waals surface area contributed by atoms with Crippen molar-refractivity contribution in [1.29, 1.82) is 0 Å². The van der Waals surface area contributed by atoms with E-state index in [1.165, 1.54) is 167 Å². The molecular formula is C50H96NO9P. The molecule has 0 fully saturated rings. The molecule has 0 rings (SSSR count). The predicted octanol–water partition coefficient (Wildman–Crippen LogP) is 14.7. The van der Waals surface area contributed by atoms with E-state index >= 15 is 0 Å². The van der Waals surface area contributed by atoms with Gasteiger partial charge >= 0.3 is 19.8 Å². The molecule has 0 aromatic heterocycles. The van der Waals surface area contributed by atoms with Crippen LogP contribution in [-0.4, -0.2) is 60.5 Å². The number of hydrogen-bond donors (Lipinski definition) is 3. The molecule has 0 heterocycles. The Morgan fingerprint density at radius 3 is 1.33 bits per heavy atom. The molecule has 11 heteroatoms. The SMILES string of the molecule is CCCCCCC/C=C\C/C=C\CCCCCCCCCCCC(=O)OC(COCCCCCCCCCCCCCCCCCCCC)COP(=O)(O)OCC(N)C(=O)O. The molecule has 0 bridgehead atoms. The van der Waals surface area contributed by atoms with Crippen molar-refractivity contribution < 1.29 is 42.7 Å². The van der Waals surface area contributed by atoms with Gasteiger partial charge in [-0.1, -0.05) is 218 Å². The van der Waals surface area contributed by atoms with E-state index in [2.05, 4.69) is 38.2 Å². The van der Waals surface area contributed by atoms with Crippen LogP contribution in [0.2, 0.25) is 0 Å². The molecule has 0 aliphatic heterocycles. The summed E-state index contributed by atoms with van der Waals surface area (Å²) in [6.45, 7) is 3.92. The molecule has 0 radical (unpaired) electrons. The molecule has 0 aromatic rings. The monoisotopic (exact) mass is 886 g/mol. The van der Waals surface area contributed by atoms with Crippen molar-refractivity contribution in [3.63, 3.8) is 0 Å². The first-order valence-electron chi connectivity index (χ1n) is 25.4. The van der Waals surface area contributed by atoms with Gasteiger partial charge in [0.05, 0.1) is 19.8 Å². The third-order valence-electron chi connectivity index (χ3n) is 11.2. The summed E-state index contributed by atoms with van der Waals surface area (Å²) in [5, 5.41) is 8.92. The highest BCUT2D eigenvalue weighted by atomic mass is 31.2. The first-order chi connectivity index (χ1) is 29.7. The van der Waals surface area contributed by atoms with E-state index < -0.39 is 45.1 Å². The smallest absolute Gasteiger partial charge is 0.472 e. The summed E-state index contributed by atoms with van der Waals surface area (Å²) in [6, 6.07) is -1.47. The molecule has 0 saturated carbocycles. The van der Waals surface area contributed by atoms with Crippen LogP contribution in [0, 0.1) is 0 Å². The molecule has 360 valence electrons. The molecule has 0 saturated heterocycles. The van der Waals surface area contributed by atoms with Crippen molar-refractivity contribution in [2.75, 3.05) is 26.4 Å². The van der Waals surface area contributed by atoms with Gasteiger partial charge in [0.2, 0.25) is 0 Å². The van der Waals surface area contributed by atoms with E-state index in [1.54, 1.807) is 0 Å². The average molecular weight is 886 g/mol. The molecule has 0 amide bonds. The lowest BCUT2D eigenvalue weighted by atomic mass is 10.0. The van der Waals surface area contributed by atoms with Gasteiger partial charge in [-0.15, -0.1) is 0 Å². The van der Waals surface area contributed by atoms with Gasteiger partial charge in [0.25, 0.3) is 0 Å². The van der Waals surface area contributed by atoms with Crippen LogP contribution >= 0.6 is 7.82 Å². The van der Waals surface area contributed by atoms with E-state index in [-0.39, 0.29) is 13.0 Å². The number of unbranched alkanes of at least 4 members (excludes halogenated alkanes) is 31. The topological polar surface area (TPSA) is 155 Å². The third-order valence-corrected chi connectivity index (χ3v) is 12.2. The van der Waals surface area contributed by atoms with Crippen molar-refractivity contribution in [2.24, 2.45) is 5.73 Å². The second-order valence-electron chi connectivity index (χ2n) is 17.3. The number of aliphatic carboxylic acids is 1. The minimum Gasteiger partial charge on any atom is -0.480 e. The fraction of sp³-hybridized carbons (Fsp3) is 0.880. The Kier molecular flexibility index (Phi) is 45.3. The minimum absolute atomic E-state index is 0.0201. The summed E-state index contributed by atoms with van der Waals surface area (Å²) >= 11 is 0. The van der Waals surface area contributed by atoms with Crippen molar-refractivity contribution in [2.45, 2.75) is 257 Å². The van der Waals surface area contributed by atoms with Gasteiger partial charge in [-0.3, -0.25) is 18.6 Å². The Bertz CT molecular complexity index is 1070. The Morgan fingerprint density at radius 1 is 0.525 bits per heavy atom. The number of hydrogen-bond acceptors (Lipinski definition) is 8. The highest BCUT2D eigenvalue weighted by Crippen LogP contribution is 2.43. The molecular weight excluding hydrogens is 790 g/mol. The molecule has 0 aliphatic carbocycles. The standard InChI is InChI=1S/C50H96NO9P/c1-3-5-7-9-11-13-15-17-19-21-23-24-25-26-28-30-32-34-36-38-40-42-49(52)60-47(45-58-61(55,56)59-46-48(51)50(53)54)44-57-43-41-39-37-35-33-31-29-27-22-20-18-16-14-12-10-8-6-4-2/h15,17,21,23,47-48H,3-14,16,18-20,22,24-46,51H2,1-2H3,(H,53,54)(H,55,56)/b17-15-,23-21-. The number of esters is 1. The Morgan fingerprint density at radius 2 is 0.902 bits per heavy atom. The van der Waals surface area contributed by atoms with Crippen molar-refractivity contribution in [1.82, 2.24) is 0 Å². The van der Waals surface area contributed by atoms with Crippen LogP contribution in [0.25, 0.3) is 0 Å². The number of phosphoric acid groups is 1. The molecule has 0 spiro atoms. The van der Waals surface area contributed by atoms with Gasteiger partial charge in [-0.2, -0.15) is 0 Å². The number of ether oxygens (including phenoxy) is 2. The second-order valence-corrected chi connectivity index (χ2v) is 18.8. The molecule has 61 heavy (non-hydrogen) atoms. The summed E-state index contributed by atoms with van der Waals surface area (Å²) in [6.07, 6.45) is 52.3. The van der Waals surface area contributed by atoms with Crippen molar-refractivity contribution >= 4 is 19.8 Å². The largest absolute Gasteiger partial charge is 0.480 e. The fourth-order valence-electron chi connectivity index (χ4n) is 7.28.